The predicted octanol–water partition coefficient (Wildman–Crippen LogP) is 3.59. The lowest BCUT2D eigenvalue weighted by Gasteiger charge is -2.24. The predicted molar refractivity (Wildman–Crippen MR) is 72.7 cm³/mol. The van der Waals surface area contributed by atoms with Crippen LogP contribution in [0.25, 0.3) is 6.08 Å². The number of rotatable bonds is 1. The van der Waals surface area contributed by atoms with E-state index in [0.717, 1.165) is 22.5 Å². The molecule has 0 fully saturated rings. The van der Waals surface area contributed by atoms with Gasteiger partial charge < -0.3 is 11.1 Å². The van der Waals surface area contributed by atoms with E-state index >= 15 is 0 Å². The summed E-state index contributed by atoms with van der Waals surface area (Å²) < 4.78 is 12.9. The monoisotopic (exact) mass is 240 g/mol. The summed E-state index contributed by atoms with van der Waals surface area (Å²) in [5.74, 6) is -0.224. The number of hydrogen-bond acceptors (Lipinski definition) is 2. The molecule has 90 valence electrons. The van der Waals surface area contributed by atoms with Gasteiger partial charge in [0.15, 0.2) is 0 Å². The van der Waals surface area contributed by atoms with Gasteiger partial charge >= 0.3 is 0 Å². The Kier molecular flexibility index (Phi) is 2.52. The molecule has 1 unspecified atom stereocenters. The van der Waals surface area contributed by atoms with Crippen molar-refractivity contribution in [3.8, 4) is 0 Å². The van der Waals surface area contributed by atoms with Crippen molar-refractivity contribution in [1.82, 2.24) is 0 Å². The van der Waals surface area contributed by atoms with Crippen molar-refractivity contribution in [3.63, 3.8) is 0 Å². The lowest BCUT2D eigenvalue weighted by Crippen LogP contribution is -2.13. The molecule has 0 bridgehead atoms. The molecule has 0 saturated heterocycles. The van der Waals surface area contributed by atoms with Crippen molar-refractivity contribution in [2.24, 2.45) is 0 Å². The first kappa shape index (κ1) is 10.8. The summed E-state index contributed by atoms with van der Waals surface area (Å²) in [5, 5.41) is 3.37. The van der Waals surface area contributed by atoms with Crippen LogP contribution in [0.1, 0.15) is 17.2 Å². The largest absolute Gasteiger partial charge is 0.397 e. The standard InChI is InChI=1S/C15H13FN2/c16-12-7-4-10(5-8-12)14-9-6-11-2-1-3-13(17)15(11)18-14/h1-9,14,18H,17H2. The molecule has 3 rings (SSSR count). The molecule has 0 spiro atoms. The lowest BCUT2D eigenvalue weighted by atomic mass is 9.99. The SMILES string of the molecule is Nc1cccc2c1NC(c1ccc(F)cc1)C=C2. The van der Waals surface area contributed by atoms with E-state index in [4.69, 9.17) is 5.73 Å². The van der Waals surface area contributed by atoms with Gasteiger partial charge in [0.2, 0.25) is 0 Å². The molecule has 1 heterocycles. The summed E-state index contributed by atoms with van der Waals surface area (Å²) in [5.41, 5.74) is 9.71. The molecule has 3 heteroatoms. The summed E-state index contributed by atoms with van der Waals surface area (Å²) in [6, 6.07) is 12.3. The first-order valence-electron chi connectivity index (χ1n) is 5.83. The molecule has 3 N–H and O–H groups in total. The van der Waals surface area contributed by atoms with Gasteiger partial charge in [-0.05, 0) is 29.3 Å². The third kappa shape index (κ3) is 1.84. The first-order valence-corrected chi connectivity index (χ1v) is 5.83. The number of nitrogens with one attached hydrogen (secondary N) is 1. The maximum atomic E-state index is 12.9. The highest BCUT2D eigenvalue weighted by atomic mass is 19.1. The van der Waals surface area contributed by atoms with Gasteiger partial charge in [-0.3, -0.25) is 0 Å². The molecule has 2 aromatic carbocycles. The van der Waals surface area contributed by atoms with Gasteiger partial charge in [0.1, 0.15) is 5.82 Å². The Balaban J connectivity index is 1.96. The fourth-order valence-electron chi connectivity index (χ4n) is 2.16. The van der Waals surface area contributed by atoms with Crippen molar-refractivity contribution >= 4 is 17.5 Å². The Morgan fingerprint density at radius 1 is 1.06 bits per heavy atom. The first-order chi connectivity index (χ1) is 8.74. The van der Waals surface area contributed by atoms with Crippen molar-refractivity contribution in [3.05, 3.63) is 65.5 Å². The molecule has 1 atom stereocenters. The molecular weight excluding hydrogens is 227 g/mol. The fourth-order valence-corrected chi connectivity index (χ4v) is 2.16. The van der Waals surface area contributed by atoms with E-state index in [9.17, 15) is 4.39 Å². The smallest absolute Gasteiger partial charge is 0.123 e. The maximum Gasteiger partial charge on any atom is 0.123 e. The minimum Gasteiger partial charge on any atom is -0.397 e. The molecule has 0 radical (unpaired) electrons. The van der Waals surface area contributed by atoms with Crippen LogP contribution in [0.3, 0.4) is 0 Å². The van der Waals surface area contributed by atoms with Crippen LogP contribution in [0, 0.1) is 5.82 Å². The number of hydrogen-bond donors (Lipinski definition) is 2. The molecular formula is C15H13FN2. The van der Waals surface area contributed by atoms with E-state index in [-0.39, 0.29) is 11.9 Å². The zero-order valence-corrected chi connectivity index (χ0v) is 9.73. The molecule has 0 amide bonds. The third-order valence-corrected chi connectivity index (χ3v) is 3.13. The topological polar surface area (TPSA) is 38.0 Å². The molecule has 0 saturated carbocycles. The summed E-state index contributed by atoms with van der Waals surface area (Å²) in [6.07, 6.45) is 4.09. The molecule has 0 aliphatic carbocycles. The summed E-state index contributed by atoms with van der Waals surface area (Å²) in [4.78, 5) is 0. The second-order valence-electron chi connectivity index (χ2n) is 4.34. The van der Waals surface area contributed by atoms with Gasteiger partial charge in [-0.2, -0.15) is 0 Å². The third-order valence-electron chi connectivity index (χ3n) is 3.13. The minimum absolute atomic E-state index is 0.0304. The fraction of sp³-hybridized carbons (Fsp3) is 0.0667. The highest BCUT2D eigenvalue weighted by molar-refractivity contribution is 5.81. The van der Waals surface area contributed by atoms with Gasteiger partial charge in [-0.1, -0.05) is 36.4 Å². The Morgan fingerprint density at radius 3 is 2.61 bits per heavy atom. The van der Waals surface area contributed by atoms with Crippen LogP contribution < -0.4 is 11.1 Å². The molecule has 2 nitrogen and oxygen atoms in total. The number of para-hydroxylation sites is 1. The van der Waals surface area contributed by atoms with Crippen molar-refractivity contribution in [2.75, 3.05) is 11.1 Å². The van der Waals surface area contributed by atoms with Gasteiger partial charge in [0, 0.05) is 0 Å². The van der Waals surface area contributed by atoms with Crippen LogP contribution in [-0.4, -0.2) is 0 Å². The normalized spacial score (nSPS) is 17.1. The van der Waals surface area contributed by atoms with E-state index in [1.165, 1.54) is 12.1 Å². The van der Waals surface area contributed by atoms with Crippen molar-refractivity contribution < 1.29 is 4.39 Å². The minimum atomic E-state index is -0.224. The second-order valence-corrected chi connectivity index (χ2v) is 4.34. The summed E-state index contributed by atoms with van der Waals surface area (Å²) >= 11 is 0. The number of benzene rings is 2. The van der Waals surface area contributed by atoms with E-state index in [1.807, 2.05) is 24.3 Å². The number of nitrogen functional groups attached to an aromatic ring is 1. The van der Waals surface area contributed by atoms with Crippen LogP contribution in [-0.2, 0) is 0 Å². The van der Waals surface area contributed by atoms with Crippen LogP contribution in [0.4, 0.5) is 15.8 Å². The zero-order valence-electron chi connectivity index (χ0n) is 9.73. The van der Waals surface area contributed by atoms with Crippen LogP contribution in [0.5, 0.6) is 0 Å². The highest BCUT2D eigenvalue weighted by Gasteiger charge is 2.15. The quantitative estimate of drug-likeness (QED) is 0.747. The number of anilines is 2. The summed E-state index contributed by atoms with van der Waals surface area (Å²) in [6.45, 7) is 0. The van der Waals surface area contributed by atoms with Crippen molar-refractivity contribution in [1.29, 1.82) is 0 Å². The molecule has 18 heavy (non-hydrogen) atoms. The van der Waals surface area contributed by atoms with Gasteiger partial charge in [-0.25, -0.2) is 4.39 Å². The van der Waals surface area contributed by atoms with Crippen molar-refractivity contribution in [2.45, 2.75) is 6.04 Å². The van der Waals surface area contributed by atoms with E-state index in [0.29, 0.717) is 0 Å². The van der Waals surface area contributed by atoms with Crippen LogP contribution in [0.15, 0.2) is 48.5 Å². The van der Waals surface area contributed by atoms with Gasteiger partial charge in [0.25, 0.3) is 0 Å². The Morgan fingerprint density at radius 2 is 1.83 bits per heavy atom. The van der Waals surface area contributed by atoms with Crippen LogP contribution >= 0.6 is 0 Å². The van der Waals surface area contributed by atoms with Gasteiger partial charge in [-0.15, -0.1) is 0 Å². The summed E-state index contributed by atoms with van der Waals surface area (Å²) in [7, 11) is 0. The molecule has 0 aromatic heterocycles. The Hall–Kier alpha value is -2.29. The average Bonchev–Trinajstić information content (AvgIpc) is 2.40. The lowest BCUT2D eigenvalue weighted by molar-refractivity contribution is 0.627. The highest BCUT2D eigenvalue weighted by Crippen LogP contribution is 2.33. The molecule has 1 aliphatic rings. The zero-order chi connectivity index (χ0) is 12.5. The molecule has 2 aromatic rings. The Bertz CT molecular complexity index is 602. The van der Waals surface area contributed by atoms with E-state index in [1.54, 1.807) is 12.1 Å². The molecule has 1 aliphatic heterocycles. The number of fused-ring (bicyclic) bond motifs is 1. The Labute approximate surface area is 105 Å². The second kappa shape index (κ2) is 4.18. The number of nitrogens with two attached hydrogens (primary N) is 1. The van der Waals surface area contributed by atoms with E-state index < -0.39 is 0 Å². The average molecular weight is 240 g/mol. The van der Waals surface area contributed by atoms with Gasteiger partial charge in [0.05, 0.1) is 17.4 Å². The van der Waals surface area contributed by atoms with E-state index in [2.05, 4.69) is 11.4 Å². The number of halogens is 1. The maximum absolute atomic E-state index is 12.9. The van der Waals surface area contributed by atoms with Crippen LogP contribution in [0.2, 0.25) is 0 Å².